The van der Waals surface area contributed by atoms with Crippen LogP contribution in [0.2, 0.25) is 0 Å². The normalized spacial score (nSPS) is 18.0. The number of benzene rings is 1. The summed E-state index contributed by atoms with van der Waals surface area (Å²) in [5.41, 5.74) is 0. The Morgan fingerprint density at radius 1 is 1.24 bits per heavy atom. The molecule has 0 radical (unpaired) electrons. The van der Waals surface area contributed by atoms with E-state index >= 15 is 0 Å². The molecule has 1 heterocycles. The van der Waals surface area contributed by atoms with Crippen molar-refractivity contribution in [2.45, 2.75) is 23.8 Å². The fourth-order valence-electron chi connectivity index (χ4n) is 2.24. The number of hydrogen-bond acceptors (Lipinski definition) is 3. The number of nitrogens with zero attached hydrogens (tertiary/aromatic N) is 1. The topological polar surface area (TPSA) is 46.6 Å². The minimum absolute atomic E-state index is 0.0407. The zero-order valence-electron chi connectivity index (χ0n) is 11.3. The van der Waals surface area contributed by atoms with Crippen molar-refractivity contribution < 1.29 is 21.9 Å². The van der Waals surface area contributed by atoms with Crippen LogP contribution in [0.25, 0.3) is 0 Å². The Morgan fingerprint density at radius 3 is 2.48 bits per heavy atom. The average Bonchev–Trinajstić information content (AvgIpc) is 2.48. The fourth-order valence-corrected chi connectivity index (χ4v) is 3.91. The number of rotatable bonds is 5. The van der Waals surface area contributed by atoms with Gasteiger partial charge < -0.3 is 4.74 Å². The van der Waals surface area contributed by atoms with Crippen molar-refractivity contribution in [3.63, 3.8) is 0 Å². The Bertz CT molecular complexity index is 589. The van der Waals surface area contributed by atoms with Crippen molar-refractivity contribution in [1.29, 1.82) is 0 Å². The molecule has 1 saturated heterocycles. The van der Waals surface area contributed by atoms with Crippen LogP contribution in [0.1, 0.15) is 12.8 Å². The fraction of sp³-hybridized carbons (Fsp3) is 0.538. The molecule has 8 heteroatoms. The predicted octanol–water partition coefficient (Wildman–Crippen LogP) is 2.53. The van der Waals surface area contributed by atoms with Crippen LogP contribution in [-0.2, 0) is 14.8 Å². The third kappa shape index (κ3) is 4.00. The van der Waals surface area contributed by atoms with Crippen LogP contribution in [0.4, 0.5) is 8.78 Å². The lowest BCUT2D eigenvalue weighted by Gasteiger charge is -2.31. The van der Waals surface area contributed by atoms with E-state index in [0.29, 0.717) is 32.5 Å². The molecule has 0 atom stereocenters. The first kappa shape index (κ1) is 16.8. The summed E-state index contributed by atoms with van der Waals surface area (Å²) in [6.45, 7) is 1.21. The summed E-state index contributed by atoms with van der Waals surface area (Å²) in [4.78, 5) is -0.221. The van der Waals surface area contributed by atoms with Gasteiger partial charge in [0, 0.05) is 18.4 Å². The number of ether oxygens (including phenoxy) is 1. The molecule has 1 aromatic carbocycles. The van der Waals surface area contributed by atoms with E-state index in [-0.39, 0.29) is 11.0 Å². The highest BCUT2D eigenvalue weighted by atomic mass is 79.9. The van der Waals surface area contributed by atoms with Crippen molar-refractivity contribution in [3.8, 4) is 0 Å². The molecule has 4 nitrogen and oxygen atoms in total. The van der Waals surface area contributed by atoms with Crippen molar-refractivity contribution in [2.24, 2.45) is 0 Å². The third-order valence-corrected chi connectivity index (χ3v) is 5.58. The van der Waals surface area contributed by atoms with Crippen LogP contribution in [0.15, 0.2) is 23.1 Å². The monoisotopic (exact) mass is 383 g/mol. The minimum atomic E-state index is -3.78. The van der Waals surface area contributed by atoms with Gasteiger partial charge in [-0.05, 0) is 31.0 Å². The number of sulfonamides is 1. The molecule has 0 unspecified atom stereocenters. The Morgan fingerprint density at radius 2 is 1.90 bits per heavy atom. The van der Waals surface area contributed by atoms with Gasteiger partial charge in [0.2, 0.25) is 10.0 Å². The Labute approximate surface area is 131 Å². The van der Waals surface area contributed by atoms with Gasteiger partial charge >= 0.3 is 0 Å². The maximum Gasteiger partial charge on any atom is 0.243 e. The van der Waals surface area contributed by atoms with E-state index in [0.717, 1.165) is 23.5 Å². The maximum atomic E-state index is 13.2. The lowest BCUT2D eigenvalue weighted by molar-refractivity contribution is 0.0309. The molecule has 1 aliphatic heterocycles. The predicted molar refractivity (Wildman–Crippen MR) is 77.9 cm³/mol. The molecule has 0 saturated carbocycles. The van der Waals surface area contributed by atoms with Crippen LogP contribution < -0.4 is 0 Å². The Hall–Kier alpha value is -0.570. The van der Waals surface area contributed by atoms with E-state index in [1.54, 1.807) is 0 Å². The maximum absolute atomic E-state index is 13.2. The molecule has 0 amide bonds. The molecule has 21 heavy (non-hydrogen) atoms. The van der Waals surface area contributed by atoms with Crippen LogP contribution in [0, 0.1) is 11.6 Å². The molecule has 2 rings (SSSR count). The second-order valence-corrected chi connectivity index (χ2v) is 7.47. The van der Waals surface area contributed by atoms with E-state index in [2.05, 4.69) is 15.9 Å². The third-order valence-electron chi connectivity index (χ3n) is 3.36. The number of halogens is 3. The van der Waals surface area contributed by atoms with Gasteiger partial charge in [-0.15, -0.1) is 0 Å². The summed E-state index contributed by atoms with van der Waals surface area (Å²) in [7, 11) is -3.78. The standard InChI is InChI=1S/C13H16BrF2NO3S/c14-5-8-20-10-3-6-17(7-4-10)21(18,19)11-1-2-12(15)13(16)9-11/h1-2,9-10H,3-8H2. The van der Waals surface area contributed by atoms with Gasteiger partial charge in [0.1, 0.15) is 0 Å². The van der Waals surface area contributed by atoms with Crippen LogP contribution in [0.5, 0.6) is 0 Å². The highest BCUT2D eigenvalue weighted by Gasteiger charge is 2.30. The van der Waals surface area contributed by atoms with E-state index in [9.17, 15) is 17.2 Å². The van der Waals surface area contributed by atoms with Gasteiger partial charge in [-0.1, -0.05) is 15.9 Å². The number of hydrogen-bond donors (Lipinski definition) is 0. The molecule has 118 valence electrons. The first-order valence-corrected chi connectivity index (χ1v) is 9.14. The quantitative estimate of drug-likeness (QED) is 0.734. The molecule has 0 spiro atoms. The van der Waals surface area contributed by atoms with Gasteiger partial charge in [-0.2, -0.15) is 4.31 Å². The van der Waals surface area contributed by atoms with Gasteiger partial charge in [0.25, 0.3) is 0 Å². The lowest BCUT2D eigenvalue weighted by atomic mass is 10.1. The molecule has 0 bridgehead atoms. The second kappa shape index (κ2) is 7.13. The second-order valence-electron chi connectivity index (χ2n) is 4.74. The highest BCUT2D eigenvalue weighted by Crippen LogP contribution is 2.23. The summed E-state index contributed by atoms with van der Waals surface area (Å²) in [5, 5.41) is 0.736. The summed E-state index contributed by atoms with van der Waals surface area (Å²) in [5.74, 6) is -2.22. The van der Waals surface area contributed by atoms with Crippen molar-refractivity contribution in [2.75, 3.05) is 25.0 Å². The average molecular weight is 384 g/mol. The van der Waals surface area contributed by atoms with Crippen LogP contribution in [0.3, 0.4) is 0 Å². The van der Waals surface area contributed by atoms with Crippen molar-refractivity contribution in [1.82, 2.24) is 4.31 Å². The van der Waals surface area contributed by atoms with Gasteiger partial charge in [-0.25, -0.2) is 17.2 Å². The summed E-state index contributed by atoms with van der Waals surface area (Å²) >= 11 is 3.27. The smallest absolute Gasteiger partial charge is 0.243 e. The van der Waals surface area contributed by atoms with Gasteiger partial charge in [-0.3, -0.25) is 0 Å². The number of alkyl halides is 1. The molecule has 0 N–H and O–H groups in total. The van der Waals surface area contributed by atoms with Crippen molar-refractivity contribution >= 4 is 26.0 Å². The van der Waals surface area contributed by atoms with Gasteiger partial charge in [0.05, 0.1) is 17.6 Å². The Kier molecular flexibility index (Phi) is 5.70. The summed E-state index contributed by atoms with van der Waals surface area (Å²) in [6, 6.07) is 2.63. The lowest BCUT2D eigenvalue weighted by Crippen LogP contribution is -2.41. The van der Waals surface area contributed by atoms with Crippen molar-refractivity contribution in [3.05, 3.63) is 29.8 Å². The molecular formula is C13H16BrF2NO3S. The molecule has 0 aliphatic carbocycles. The van der Waals surface area contributed by atoms with E-state index in [4.69, 9.17) is 4.74 Å². The molecular weight excluding hydrogens is 368 g/mol. The molecule has 1 aromatic rings. The van der Waals surface area contributed by atoms with Crippen LogP contribution in [-0.4, -0.2) is 43.9 Å². The summed E-state index contributed by atoms with van der Waals surface area (Å²) in [6.07, 6.45) is 1.23. The number of piperidine rings is 1. The van der Waals surface area contributed by atoms with Gasteiger partial charge in [0.15, 0.2) is 11.6 Å². The zero-order chi connectivity index (χ0) is 15.5. The van der Waals surface area contributed by atoms with E-state index in [1.807, 2.05) is 0 Å². The van der Waals surface area contributed by atoms with Crippen LogP contribution >= 0.6 is 15.9 Å². The highest BCUT2D eigenvalue weighted by molar-refractivity contribution is 9.09. The summed E-state index contributed by atoms with van der Waals surface area (Å²) < 4.78 is 57.7. The largest absolute Gasteiger partial charge is 0.377 e. The van der Waals surface area contributed by atoms with E-state index in [1.165, 1.54) is 4.31 Å². The SMILES string of the molecule is O=S(=O)(c1ccc(F)c(F)c1)N1CCC(OCCBr)CC1. The first-order valence-electron chi connectivity index (χ1n) is 6.58. The molecule has 1 aliphatic rings. The zero-order valence-corrected chi connectivity index (χ0v) is 13.7. The molecule has 0 aromatic heterocycles. The van der Waals surface area contributed by atoms with E-state index < -0.39 is 21.7 Å². The first-order chi connectivity index (χ1) is 9.95. The Balaban J connectivity index is 2.06. The minimum Gasteiger partial charge on any atom is -0.377 e. The molecule has 1 fully saturated rings.